The molecule has 0 aromatic rings. The molecule has 0 aromatic heterocycles. The maximum absolute atomic E-state index is 12.2. The van der Waals surface area contributed by atoms with E-state index in [1.54, 1.807) is 0 Å². The van der Waals surface area contributed by atoms with E-state index in [0.717, 1.165) is 5.57 Å². The van der Waals surface area contributed by atoms with Crippen molar-refractivity contribution in [3.63, 3.8) is 0 Å². The smallest absolute Gasteiger partial charge is 0.303 e. The first-order chi connectivity index (χ1) is 17.0. The third kappa shape index (κ3) is 5.42. The molecule has 3 rings (SSSR count). The van der Waals surface area contributed by atoms with E-state index in [-0.39, 0.29) is 23.9 Å². The molecule has 0 bridgehead atoms. The number of aliphatic hydroxyl groups excluding tert-OH is 1. The number of hydrogen-bond donors (Lipinski definition) is 1. The lowest BCUT2D eigenvalue weighted by Crippen LogP contribution is -2.63. The molecule has 0 unspecified atom stereocenters. The molecule has 0 saturated heterocycles. The Kier molecular flexibility index (Phi) is 8.18. The third-order valence-corrected chi connectivity index (χ3v) is 9.17. The number of fused-ring (bicyclic) bond motifs is 3. The topological polar surface area (TPSA) is 125 Å². The summed E-state index contributed by atoms with van der Waals surface area (Å²) in [6.07, 6.45) is 1.53. The fourth-order valence-corrected chi connectivity index (χ4v) is 7.52. The summed E-state index contributed by atoms with van der Waals surface area (Å²) in [6, 6.07) is 0. The van der Waals surface area contributed by atoms with Crippen molar-refractivity contribution in [2.24, 2.45) is 28.1 Å². The fourth-order valence-electron chi connectivity index (χ4n) is 7.52. The van der Waals surface area contributed by atoms with Crippen LogP contribution in [0.25, 0.3) is 0 Å². The van der Waals surface area contributed by atoms with Crippen molar-refractivity contribution in [3.8, 4) is 0 Å². The normalized spacial score (nSPS) is 37.1. The summed E-state index contributed by atoms with van der Waals surface area (Å²) in [5.74, 6) is -1.72. The molecule has 3 aliphatic carbocycles. The average molecular weight is 523 g/mol. The van der Waals surface area contributed by atoms with Gasteiger partial charge in [-0.3, -0.25) is 19.2 Å². The van der Waals surface area contributed by atoms with Gasteiger partial charge in [-0.2, -0.15) is 0 Å². The van der Waals surface area contributed by atoms with Gasteiger partial charge >= 0.3 is 23.9 Å². The van der Waals surface area contributed by atoms with E-state index in [1.165, 1.54) is 27.7 Å². The van der Waals surface area contributed by atoms with E-state index in [1.807, 2.05) is 6.92 Å². The molecule has 0 aromatic carbocycles. The second-order valence-electron chi connectivity index (χ2n) is 12.1. The van der Waals surface area contributed by atoms with Crippen molar-refractivity contribution in [2.75, 3.05) is 6.61 Å². The summed E-state index contributed by atoms with van der Waals surface area (Å²) in [5.41, 5.74) is -0.780. The predicted molar refractivity (Wildman–Crippen MR) is 133 cm³/mol. The van der Waals surface area contributed by atoms with Crippen LogP contribution in [0.2, 0.25) is 0 Å². The largest absolute Gasteiger partial charge is 0.463 e. The number of allylic oxidation sites excluding steroid dienone is 1. The second-order valence-corrected chi connectivity index (χ2v) is 12.1. The van der Waals surface area contributed by atoms with E-state index in [9.17, 15) is 24.3 Å². The van der Waals surface area contributed by atoms with E-state index in [2.05, 4.69) is 26.8 Å². The van der Waals surface area contributed by atoms with Crippen LogP contribution in [-0.2, 0) is 38.1 Å². The van der Waals surface area contributed by atoms with Crippen molar-refractivity contribution in [3.05, 3.63) is 11.6 Å². The fraction of sp³-hybridized carbons (Fsp3) is 0.786. The minimum Gasteiger partial charge on any atom is -0.463 e. The molecule has 37 heavy (non-hydrogen) atoms. The molecule has 0 radical (unpaired) electrons. The average Bonchev–Trinajstić information content (AvgIpc) is 2.75. The molecular formula is C28H42O9. The van der Waals surface area contributed by atoms with Crippen LogP contribution in [0.5, 0.6) is 0 Å². The number of esters is 4. The van der Waals surface area contributed by atoms with Crippen molar-refractivity contribution in [1.29, 1.82) is 0 Å². The van der Waals surface area contributed by atoms with Crippen LogP contribution in [0.1, 0.15) is 81.1 Å². The number of carbonyl (C=O) groups excluding carboxylic acids is 4. The summed E-state index contributed by atoms with van der Waals surface area (Å²) in [7, 11) is 0. The standard InChI is InChI=1S/C28H42O9/c1-15(29)34-14-23(33)27(7)12-11-20-19(24(27)36-17(3)31)9-10-22-26(5,6)25(37-18(4)32)21(35-16(2)30)13-28(20,22)8/h9,20-25,33H,10-14H2,1-8H3/t20-,21+,22-,23+,24-,25-,27-,28+/m1/s1. The Labute approximate surface area is 219 Å². The molecule has 0 amide bonds. The van der Waals surface area contributed by atoms with Crippen molar-refractivity contribution in [1.82, 2.24) is 0 Å². The molecule has 2 saturated carbocycles. The van der Waals surface area contributed by atoms with Crippen LogP contribution in [0.4, 0.5) is 0 Å². The third-order valence-electron chi connectivity index (χ3n) is 9.17. The number of carbonyl (C=O) groups is 4. The lowest BCUT2D eigenvalue weighted by Gasteiger charge is -2.63. The molecule has 9 nitrogen and oxygen atoms in total. The first kappa shape index (κ1) is 29.1. The van der Waals surface area contributed by atoms with Gasteiger partial charge in [0, 0.05) is 38.5 Å². The summed E-state index contributed by atoms with van der Waals surface area (Å²) < 4.78 is 22.5. The highest BCUT2D eigenvalue weighted by Crippen LogP contribution is 2.65. The summed E-state index contributed by atoms with van der Waals surface area (Å²) >= 11 is 0. The maximum Gasteiger partial charge on any atom is 0.303 e. The van der Waals surface area contributed by atoms with Gasteiger partial charge in [0.25, 0.3) is 0 Å². The van der Waals surface area contributed by atoms with Crippen molar-refractivity contribution < 1.29 is 43.2 Å². The minimum absolute atomic E-state index is 0.0137. The molecule has 3 aliphatic rings. The van der Waals surface area contributed by atoms with E-state index >= 15 is 0 Å². The molecular weight excluding hydrogens is 480 g/mol. The quantitative estimate of drug-likeness (QED) is 0.317. The highest BCUT2D eigenvalue weighted by molar-refractivity contribution is 5.68. The Morgan fingerprint density at radius 1 is 0.946 bits per heavy atom. The van der Waals surface area contributed by atoms with Gasteiger partial charge < -0.3 is 24.1 Å². The molecule has 0 spiro atoms. The highest BCUT2D eigenvalue weighted by atomic mass is 16.6. The molecule has 208 valence electrons. The second kappa shape index (κ2) is 10.4. The van der Waals surface area contributed by atoms with Gasteiger partial charge in [0.15, 0.2) is 0 Å². The Morgan fingerprint density at radius 2 is 1.54 bits per heavy atom. The molecule has 0 aliphatic heterocycles. The van der Waals surface area contributed by atoms with Crippen molar-refractivity contribution in [2.45, 2.75) is 105 Å². The van der Waals surface area contributed by atoms with Crippen LogP contribution in [0.15, 0.2) is 11.6 Å². The molecule has 2 fully saturated rings. The monoisotopic (exact) mass is 522 g/mol. The SMILES string of the molecule is CC(=O)OC[C@H](O)[C@@]1(C)CC[C@@H]2C(=CC[C@@H]3C(C)(C)[C@H](OC(C)=O)[C@@H](OC(C)=O)C[C@@]23C)[C@H]1OC(C)=O. The van der Waals surface area contributed by atoms with E-state index < -0.39 is 59.1 Å². The van der Waals surface area contributed by atoms with Gasteiger partial charge in [0.2, 0.25) is 0 Å². The lowest BCUT2D eigenvalue weighted by molar-refractivity contribution is -0.217. The molecule has 9 heteroatoms. The molecule has 8 atom stereocenters. The molecule has 1 N–H and O–H groups in total. The minimum atomic E-state index is -1.03. The Hall–Kier alpha value is -2.42. The Bertz CT molecular complexity index is 969. The molecule has 0 heterocycles. The van der Waals surface area contributed by atoms with Crippen molar-refractivity contribution >= 4 is 23.9 Å². The predicted octanol–water partition coefficient (Wildman–Crippen LogP) is 3.50. The van der Waals surface area contributed by atoms with Crippen LogP contribution >= 0.6 is 0 Å². The zero-order valence-electron chi connectivity index (χ0n) is 23.3. The van der Waals surface area contributed by atoms with Gasteiger partial charge in [-0.15, -0.1) is 0 Å². The first-order valence-electron chi connectivity index (χ1n) is 13.1. The zero-order chi connectivity index (χ0) is 27.9. The number of aliphatic hydroxyl groups is 1. The number of rotatable bonds is 6. The van der Waals surface area contributed by atoms with Gasteiger partial charge in [-0.05, 0) is 48.5 Å². The first-order valence-corrected chi connectivity index (χ1v) is 13.1. The van der Waals surface area contributed by atoms with Gasteiger partial charge in [-0.25, -0.2) is 0 Å². The maximum atomic E-state index is 12.2. The number of ether oxygens (including phenoxy) is 4. The lowest BCUT2D eigenvalue weighted by atomic mass is 9.44. The number of hydrogen-bond acceptors (Lipinski definition) is 9. The zero-order valence-corrected chi connectivity index (χ0v) is 23.3. The van der Waals surface area contributed by atoms with Crippen LogP contribution in [0.3, 0.4) is 0 Å². The van der Waals surface area contributed by atoms with Gasteiger partial charge in [0.05, 0.1) is 6.10 Å². The summed E-state index contributed by atoms with van der Waals surface area (Å²) in [6.45, 7) is 13.3. The Balaban J connectivity index is 2.05. The summed E-state index contributed by atoms with van der Waals surface area (Å²) in [5, 5.41) is 11.1. The Morgan fingerprint density at radius 3 is 2.08 bits per heavy atom. The van der Waals surface area contributed by atoms with E-state index in [0.29, 0.717) is 25.7 Å². The summed E-state index contributed by atoms with van der Waals surface area (Å²) in [4.78, 5) is 47.7. The van der Waals surface area contributed by atoms with Crippen LogP contribution in [-0.4, -0.2) is 60.0 Å². The van der Waals surface area contributed by atoms with Crippen LogP contribution < -0.4 is 0 Å². The van der Waals surface area contributed by atoms with Gasteiger partial charge in [-0.1, -0.05) is 33.8 Å². The van der Waals surface area contributed by atoms with Gasteiger partial charge in [0.1, 0.15) is 24.9 Å². The van der Waals surface area contributed by atoms with Crippen LogP contribution in [0, 0.1) is 28.1 Å². The highest BCUT2D eigenvalue weighted by Gasteiger charge is 2.64. The van der Waals surface area contributed by atoms with E-state index in [4.69, 9.17) is 18.9 Å².